The van der Waals surface area contributed by atoms with Crippen LogP contribution in [0.15, 0.2) is 16.6 Å². The van der Waals surface area contributed by atoms with E-state index in [0.717, 1.165) is 6.07 Å². The van der Waals surface area contributed by atoms with E-state index in [2.05, 4.69) is 15.9 Å². The summed E-state index contributed by atoms with van der Waals surface area (Å²) in [7, 11) is 0. The van der Waals surface area contributed by atoms with Gasteiger partial charge in [-0.05, 0) is 28.1 Å². The Bertz CT molecular complexity index is 405. The third-order valence-corrected chi connectivity index (χ3v) is 2.28. The molecule has 0 aliphatic heterocycles. The van der Waals surface area contributed by atoms with Crippen molar-refractivity contribution in [2.75, 3.05) is 0 Å². The number of alkyl halides is 3. The van der Waals surface area contributed by atoms with E-state index < -0.39 is 22.0 Å². The SMILES string of the molecule is N#Cc1ccc(C(F)(F)F)c(F)c1Br. The molecule has 1 nitrogen and oxygen atoms in total. The van der Waals surface area contributed by atoms with Gasteiger partial charge in [-0.15, -0.1) is 0 Å². The fourth-order valence-corrected chi connectivity index (χ4v) is 1.29. The summed E-state index contributed by atoms with van der Waals surface area (Å²) in [5, 5.41) is 8.41. The van der Waals surface area contributed by atoms with Gasteiger partial charge in [-0.3, -0.25) is 0 Å². The molecule has 0 aromatic heterocycles. The molecule has 1 aromatic rings. The Hall–Kier alpha value is -1.09. The zero-order chi connectivity index (χ0) is 10.9. The number of hydrogen-bond acceptors (Lipinski definition) is 1. The van der Waals surface area contributed by atoms with Crippen LogP contribution in [-0.4, -0.2) is 0 Å². The van der Waals surface area contributed by atoms with E-state index in [1.54, 1.807) is 6.07 Å². The molecule has 14 heavy (non-hydrogen) atoms. The Kier molecular flexibility index (Phi) is 2.81. The highest BCUT2D eigenvalue weighted by molar-refractivity contribution is 9.10. The number of benzene rings is 1. The summed E-state index contributed by atoms with van der Waals surface area (Å²) in [6.45, 7) is 0. The number of nitriles is 1. The van der Waals surface area contributed by atoms with Crippen LogP contribution in [0.25, 0.3) is 0 Å². The smallest absolute Gasteiger partial charge is 0.205 e. The van der Waals surface area contributed by atoms with E-state index in [0.29, 0.717) is 6.07 Å². The van der Waals surface area contributed by atoms with Crippen molar-refractivity contribution < 1.29 is 17.6 Å². The summed E-state index contributed by atoms with van der Waals surface area (Å²) < 4.78 is 48.9. The van der Waals surface area contributed by atoms with Gasteiger partial charge < -0.3 is 0 Å². The van der Waals surface area contributed by atoms with Crippen molar-refractivity contribution in [1.82, 2.24) is 0 Å². The molecule has 0 amide bonds. The summed E-state index contributed by atoms with van der Waals surface area (Å²) in [4.78, 5) is 0. The number of nitrogens with zero attached hydrogens (tertiary/aromatic N) is 1. The summed E-state index contributed by atoms with van der Waals surface area (Å²) in [5.74, 6) is -1.46. The molecule has 1 rings (SSSR count). The maximum atomic E-state index is 13.0. The summed E-state index contributed by atoms with van der Waals surface area (Å²) in [6.07, 6.45) is -4.75. The molecule has 0 saturated carbocycles. The topological polar surface area (TPSA) is 23.8 Å². The average molecular weight is 268 g/mol. The van der Waals surface area contributed by atoms with Gasteiger partial charge >= 0.3 is 6.18 Å². The molecule has 0 saturated heterocycles. The second-order valence-corrected chi connectivity index (χ2v) is 3.19. The highest BCUT2D eigenvalue weighted by Gasteiger charge is 2.35. The number of halogens is 5. The van der Waals surface area contributed by atoms with Gasteiger partial charge in [0.25, 0.3) is 0 Å². The Morgan fingerprint density at radius 3 is 2.29 bits per heavy atom. The van der Waals surface area contributed by atoms with Crippen LogP contribution in [-0.2, 0) is 6.18 Å². The van der Waals surface area contributed by atoms with E-state index >= 15 is 0 Å². The molecule has 0 radical (unpaired) electrons. The molecule has 0 heterocycles. The van der Waals surface area contributed by atoms with Gasteiger partial charge in [0.05, 0.1) is 15.6 Å². The molecule has 0 aliphatic carbocycles. The minimum atomic E-state index is -4.75. The van der Waals surface area contributed by atoms with Crippen molar-refractivity contribution in [3.63, 3.8) is 0 Å². The Morgan fingerprint density at radius 2 is 1.86 bits per heavy atom. The Balaban J connectivity index is 3.41. The first kappa shape index (κ1) is 11.0. The van der Waals surface area contributed by atoms with E-state index in [-0.39, 0.29) is 5.56 Å². The van der Waals surface area contributed by atoms with Gasteiger partial charge in [-0.25, -0.2) is 4.39 Å². The molecular formula is C8H2BrF4N. The van der Waals surface area contributed by atoms with Gasteiger partial charge in [-0.1, -0.05) is 0 Å². The number of hydrogen-bond donors (Lipinski definition) is 0. The van der Waals surface area contributed by atoms with Crippen LogP contribution in [0.1, 0.15) is 11.1 Å². The van der Waals surface area contributed by atoms with E-state index in [4.69, 9.17) is 5.26 Å². The standard InChI is InChI=1S/C8H2BrF4N/c9-6-4(3-14)1-2-5(7(6)10)8(11,12)13/h1-2H. The molecular weight excluding hydrogens is 266 g/mol. The molecule has 0 unspecified atom stereocenters. The molecule has 1 aromatic carbocycles. The first-order valence-corrected chi connectivity index (χ1v) is 4.12. The van der Waals surface area contributed by atoms with Crippen molar-refractivity contribution in [3.8, 4) is 6.07 Å². The van der Waals surface area contributed by atoms with E-state index in [1.165, 1.54) is 0 Å². The van der Waals surface area contributed by atoms with Crippen molar-refractivity contribution in [2.45, 2.75) is 6.18 Å². The monoisotopic (exact) mass is 267 g/mol. The fourth-order valence-electron chi connectivity index (χ4n) is 0.855. The second kappa shape index (κ2) is 3.58. The normalized spacial score (nSPS) is 11.1. The van der Waals surface area contributed by atoms with Crippen molar-refractivity contribution in [1.29, 1.82) is 5.26 Å². The van der Waals surface area contributed by atoms with Gasteiger partial charge in [0.15, 0.2) is 5.82 Å². The first-order valence-electron chi connectivity index (χ1n) is 3.33. The highest BCUT2D eigenvalue weighted by atomic mass is 79.9. The number of rotatable bonds is 0. The van der Waals surface area contributed by atoms with Crippen LogP contribution in [0.2, 0.25) is 0 Å². The van der Waals surface area contributed by atoms with Crippen molar-refractivity contribution in [3.05, 3.63) is 33.5 Å². The third-order valence-electron chi connectivity index (χ3n) is 1.51. The molecule has 6 heteroatoms. The summed E-state index contributed by atoms with van der Waals surface area (Å²) in [5.41, 5.74) is -1.56. The van der Waals surface area contributed by atoms with Crippen LogP contribution < -0.4 is 0 Å². The lowest BCUT2D eigenvalue weighted by atomic mass is 10.1. The van der Waals surface area contributed by atoms with Crippen LogP contribution in [0.5, 0.6) is 0 Å². The van der Waals surface area contributed by atoms with Gasteiger partial charge in [0, 0.05) is 0 Å². The molecule has 0 bridgehead atoms. The van der Waals surface area contributed by atoms with Crippen molar-refractivity contribution in [2.24, 2.45) is 0 Å². The summed E-state index contributed by atoms with van der Waals surface area (Å²) in [6, 6.07) is 3.01. The Morgan fingerprint density at radius 1 is 1.29 bits per heavy atom. The molecule has 0 N–H and O–H groups in total. The fraction of sp³-hybridized carbons (Fsp3) is 0.125. The van der Waals surface area contributed by atoms with Crippen LogP contribution in [0.4, 0.5) is 17.6 Å². The average Bonchev–Trinajstić information content (AvgIpc) is 2.07. The molecule has 0 fully saturated rings. The lowest BCUT2D eigenvalue weighted by Gasteiger charge is -2.08. The van der Waals surface area contributed by atoms with Gasteiger partial charge in [-0.2, -0.15) is 18.4 Å². The van der Waals surface area contributed by atoms with Crippen LogP contribution in [0, 0.1) is 17.1 Å². The van der Waals surface area contributed by atoms with Crippen molar-refractivity contribution >= 4 is 15.9 Å². The molecule has 0 aliphatic rings. The predicted molar refractivity (Wildman–Crippen MR) is 43.8 cm³/mol. The maximum Gasteiger partial charge on any atom is 0.419 e. The third kappa shape index (κ3) is 1.87. The molecule has 74 valence electrons. The largest absolute Gasteiger partial charge is 0.419 e. The van der Waals surface area contributed by atoms with E-state index in [1.807, 2.05) is 0 Å². The predicted octanol–water partition coefficient (Wildman–Crippen LogP) is 3.48. The summed E-state index contributed by atoms with van der Waals surface area (Å²) >= 11 is 2.59. The van der Waals surface area contributed by atoms with Gasteiger partial charge in [0.1, 0.15) is 6.07 Å². The van der Waals surface area contributed by atoms with E-state index in [9.17, 15) is 17.6 Å². The van der Waals surface area contributed by atoms with Gasteiger partial charge in [0.2, 0.25) is 0 Å². The first-order chi connectivity index (χ1) is 6.38. The minimum absolute atomic E-state index is 0.171. The minimum Gasteiger partial charge on any atom is -0.205 e. The van der Waals surface area contributed by atoms with Crippen LogP contribution >= 0.6 is 15.9 Å². The zero-order valence-corrected chi connectivity index (χ0v) is 8.08. The molecule has 0 spiro atoms. The Labute approximate surface area is 85.1 Å². The molecule has 0 atom stereocenters. The maximum absolute atomic E-state index is 13.0. The lowest BCUT2D eigenvalue weighted by Crippen LogP contribution is -2.08. The lowest BCUT2D eigenvalue weighted by molar-refractivity contribution is -0.140. The second-order valence-electron chi connectivity index (χ2n) is 2.40. The zero-order valence-electron chi connectivity index (χ0n) is 6.49. The van der Waals surface area contributed by atoms with Crippen LogP contribution in [0.3, 0.4) is 0 Å². The quantitative estimate of drug-likeness (QED) is 0.661. The highest BCUT2D eigenvalue weighted by Crippen LogP contribution is 2.35.